The second-order valence-corrected chi connectivity index (χ2v) is 10.9. The molecule has 1 saturated carbocycles. The molecule has 0 aliphatic heterocycles. The molecule has 4 rings (SSSR count). The van der Waals surface area contributed by atoms with Gasteiger partial charge in [-0.1, -0.05) is 136 Å². The van der Waals surface area contributed by atoms with Gasteiger partial charge in [-0.25, -0.2) is 0 Å². The molecule has 0 saturated heterocycles. The number of aryl methyl sites for hydroxylation is 1. The number of hydrogen-bond acceptors (Lipinski definition) is 0. The average molecular weight is 477 g/mol. The van der Waals surface area contributed by atoms with Gasteiger partial charge in [-0.15, -0.1) is 0 Å². The number of rotatable bonds is 11. The Morgan fingerprint density at radius 3 is 1.83 bits per heavy atom. The largest absolute Gasteiger partial charge is 0.0917 e. The van der Waals surface area contributed by atoms with Gasteiger partial charge in [-0.2, -0.15) is 0 Å². The minimum absolute atomic E-state index is 0.536. The molecule has 0 aromatic heterocycles. The Hall–Kier alpha value is -2.86. The van der Waals surface area contributed by atoms with Crippen LogP contribution < -0.4 is 0 Å². The zero-order valence-corrected chi connectivity index (χ0v) is 22.4. The van der Waals surface area contributed by atoms with E-state index in [2.05, 4.69) is 117 Å². The molecule has 0 N–H and O–H groups in total. The lowest BCUT2D eigenvalue weighted by molar-refractivity contribution is 0.254. The molecule has 1 atom stereocenters. The van der Waals surface area contributed by atoms with Gasteiger partial charge in [0.1, 0.15) is 0 Å². The summed E-state index contributed by atoms with van der Waals surface area (Å²) in [5.41, 5.74) is 6.83. The summed E-state index contributed by atoms with van der Waals surface area (Å²) < 4.78 is 0. The smallest absolute Gasteiger partial charge is 0.0150 e. The molecule has 0 unspecified atom stereocenters. The van der Waals surface area contributed by atoms with Crippen molar-refractivity contribution in [1.29, 1.82) is 0 Å². The average Bonchev–Trinajstić information content (AvgIpc) is 2.93. The Kier molecular flexibility index (Phi) is 10.2. The van der Waals surface area contributed by atoms with E-state index in [0.717, 1.165) is 18.3 Å². The van der Waals surface area contributed by atoms with E-state index in [1.54, 1.807) is 0 Å². The Morgan fingerprint density at radius 1 is 0.694 bits per heavy atom. The van der Waals surface area contributed by atoms with Crippen molar-refractivity contribution in [3.63, 3.8) is 0 Å². The Morgan fingerprint density at radius 2 is 1.25 bits per heavy atom. The molecule has 0 nitrogen and oxygen atoms in total. The van der Waals surface area contributed by atoms with Crippen molar-refractivity contribution >= 4 is 12.2 Å². The van der Waals surface area contributed by atoms with Crippen LogP contribution in [0.4, 0.5) is 0 Å². The predicted octanol–water partition coefficient (Wildman–Crippen LogP) is 10.3. The van der Waals surface area contributed by atoms with Crippen molar-refractivity contribution in [3.05, 3.63) is 119 Å². The molecule has 0 bridgehead atoms. The third kappa shape index (κ3) is 8.37. The van der Waals surface area contributed by atoms with Crippen LogP contribution >= 0.6 is 0 Å². The van der Waals surface area contributed by atoms with Gasteiger partial charge in [0.05, 0.1) is 0 Å². The predicted molar refractivity (Wildman–Crippen MR) is 158 cm³/mol. The van der Waals surface area contributed by atoms with Crippen LogP contribution in [0, 0.1) is 11.8 Å². The zero-order chi connectivity index (χ0) is 25.0. The molecule has 0 amide bonds. The van der Waals surface area contributed by atoms with E-state index in [1.165, 1.54) is 79.2 Å². The molecular weight excluding hydrogens is 432 g/mol. The van der Waals surface area contributed by atoms with Crippen LogP contribution in [-0.2, 0) is 12.8 Å². The fourth-order valence-corrected chi connectivity index (χ4v) is 5.68. The summed E-state index contributed by atoms with van der Waals surface area (Å²) in [6.07, 6.45) is 21.1. The first-order valence-electron chi connectivity index (χ1n) is 14.2. The van der Waals surface area contributed by atoms with Gasteiger partial charge in [0.25, 0.3) is 0 Å². The van der Waals surface area contributed by atoms with Crippen molar-refractivity contribution < 1.29 is 0 Å². The summed E-state index contributed by atoms with van der Waals surface area (Å²) >= 11 is 0. The number of allylic oxidation sites excluding steroid dienone is 2. The summed E-state index contributed by atoms with van der Waals surface area (Å²) in [5, 5.41) is 0. The van der Waals surface area contributed by atoms with Gasteiger partial charge in [-0.3, -0.25) is 0 Å². The minimum Gasteiger partial charge on any atom is -0.0917 e. The monoisotopic (exact) mass is 476 g/mol. The number of benzene rings is 3. The lowest BCUT2D eigenvalue weighted by Gasteiger charge is -2.28. The van der Waals surface area contributed by atoms with Crippen molar-refractivity contribution in [3.8, 4) is 0 Å². The Balaban J connectivity index is 1.20. The van der Waals surface area contributed by atoms with Crippen LogP contribution in [0.1, 0.15) is 92.5 Å². The molecule has 1 aliphatic carbocycles. The minimum atomic E-state index is 0.536. The topological polar surface area (TPSA) is 0 Å². The highest BCUT2D eigenvalue weighted by atomic mass is 14.3. The van der Waals surface area contributed by atoms with Gasteiger partial charge >= 0.3 is 0 Å². The highest BCUT2D eigenvalue weighted by molar-refractivity contribution is 5.69. The van der Waals surface area contributed by atoms with Crippen molar-refractivity contribution in [1.82, 2.24) is 0 Å². The van der Waals surface area contributed by atoms with Crippen molar-refractivity contribution in [2.45, 2.75) is 77.6 Å². The van der Waals surface area contributed by atoms with Crippen LogP contribution in [-0.4, -0.2) is 0 Å². The van der Waals surface area contributed by atoms with Crippen LogP contribution in [0.5, 0.6) is 0 Å². The lowest BCUT2D eigenvalue weighted by Crippen LogP contribution is -2.15. The molecular formula is C36H44. The molecule has 188 valence electrons. The Bertz CT molecular complexity index is 1060. The van der Waals surface area contributed by atoms with Crippen LogP contribution in [0.25, 0.3) is 12.2 Å². The maximum atomic E-state index is 2.33. The molecule has 3 aromatic rings. The van der Waals surface area contributed by atoms with Gasteiger partial charge in [0, 0.05) is 0 Å². The number of hydrogen-bond donors (Lipinski definition) is 0. The zero-order valence-electron chi connectivity index (χ0n) is 22.4. The first-order valence-corrected chi connectivity index (χ1v) is 14.2. The van der Waals surface area contributed by atoms with E-state index in [-0.39, 0.29) is 0 Å². The normalized spacial score (nSPS) is 19.2. The van der Waals surface area contributed by atoms with Gasteiger partial charge in [0.2, 0.25) is 0 Å². The van der Waals surface area contributed by atoms with Crippen molar-refractivity contribution in [2.75, 3.05) is 0 Å². The molecule has 1 fully saturated rings. The van der Waals surface area contributed by atoms with E-state index in [4.69, 9.17) is 0 Å². The summed E-state index contributed by atoms with van der Waals surface area (Å²) in [7, 11) is 0. The van der Waals surface area contributed by atoms with E-state index in [1.807, 2.05) is 0 Å². The lowest BCUT2D eigenvalue weighted by atomic mass is 9.78. The summed E-state index contributed by atoms with van der Waals surface area (Å²) in [5.74, 6) is 2.44. The summed E-state index contributed by atoms with van der Waals surface area (Å²) in [6.45, 7) is 4.44. The van der Waals surface area contributed by atoms with Crippen LogP contribution in [0.2, 0.25) is 0 Å². The third-order valence-electron chi connectivity index (χ3n) is 8.12. The maximum Gasteiger partial charge on any atom is -0.0150 e. The molecule has 0 radical (unpaired) electrons. The van der Waals surface area contributed by atoms with Crippen LogP contribution in [0.15, 0.2) is 91.0 Å². The molecule has 0 heterocycles. The highest BCUT2D eigenvalue weighted by Crippen LogP contribution is 2.34. The maximum absolute atomic E-state index is 2.33. The molecule has 0 spiro atoms. The highest BCUT2D eigenvalue weighted by Gasteiger charge is 2.20. The first-order chi connectivity index (χ1) is 17.7. The van der Waals surface area contributed by atoms with Crippen molar-refractivity contribution in [2.24, 2.45) is 11.8 Å². The quantitative estimate of drug-likeness (QED) is 0.191. The van der Waals surface area contributed by atoms with E-state index in [0.29, 0.717) is 5.92 Å². The molecule has 0 heteroatoms. The Labute approximate surface area is 220 Å². The fraction of sp³-hybridized carbons (Fsp3) is 0.389. The van der Waals surface area contributed by atoms with E-state index in [9.17, 15) is 0 Å². The standard InChI is InChI=1S/C36H44/c1-3-4-6-9-30-12-14-31(15-13-30)16-17-32-18-20-33(21-19-32)22-23-34-24-26-35(27-25-34)28-29(2)36-10-7-5-8-11-36/h3-5,7-8,10-11,18-27,29-31H,6,9,12-17,28H2,1-2H3/t29-,30?,31?/m0/s1. The molecule has 1 aliphatic rings. The van der Waals surface area contributed by atoms with Crippen LogP contribution in [0.3, 0.4) is 0 Å². The fourth-order valence-electron chi connectivity index (χ4n) is 5.68. The second-order valence-electron chi connectivity index (χ2n) is 10.9. The third-order valence-corrected chi connectivity index (χ3v) is 8.12. The van der Waals surface area contributed by atoms with Gasteiger partial charge < -0.3 is 0 Å². The first kappa shape index (κ1) is 26.2. The summed E-state index contributed by atoms with van der Waals surface area (Å²) in [4.78, 5) is 0. The van der Waals surface area contributed by atoms with Gasteiger partial charge in [0.15, 0.2) is 0 Å². The van der Waals surface area contributed by atoms with E-state index < -0.39 is 0 Å². The second kappa shape index (κ2) is 14.0. The SMILES string of the molecule is CC=CCCC1CCC(CCc2ccc(C=Cc3ccc(C[C@H](C)c4ccccc4)cc3)cc2)CC1. The van der Waals surface area contributed by atoms with E-state index >= 15 is 0 Å². The summed E-state index contributed by atoms with van der Waals surface area (Å²) in [6, 6.07) is 29.1. The molecule has 3 aromatic carbocycles. The van der Waals surface area contributed by atoms with Gasteiger partial charge in [-0.05, 0) is 84.6 Å². The molecule has 36 heavy (non-hydrogen) atoms.